The minimum atomic E-state index is 0.0267. The molecule has 10 nitrogen and oxygen atoms in total. The molecule has 0 atom stereocenters. The molecule has 0 aliphatic rings. The van der Waals surface area contributed by atoms with Gasteiger partial charge >= 0.3 is 0 Å². The average Bonchev–Trinajstić information content (AvgIpc) is 3.83. The van der Waals surface area contributed by atoms with E-state index in [1.54, 1.807) is 23.5 Å². The quantitative estimate of drug-likeness (QED) is 0.0610. The van der Waals surface area contributed by atoms with Gasteiger partial charge < -0.3 is 10.6 Å². The van der Waals surface area contributed by atoms with Crippen molar-refractivity contribution in [1.82, 2.24) is 40.2 Å². The number of unbranched alkanes of at least 4 members (excludes halogenated alkanes) is 1. The van der Waals surface area contributed by atoms with Crippen molar-refractivity contribution in [1.29, 1.82) is 0 Å². The molecule has 0 radical (unpaired) electrons. The lowest BCUT2D eigenvalue weighted by molar-refractivity contribution is -0.122. The molecule has 0 bridgehead atoms. The molecule has 61 heavy (non-hydrogen) atoms. The van der Waals surface area contributed by atoms with E-state index in [2.05, 4.69) is 145 Å². The highest BCUT2D eigenvalue weighted by Gasteiger charge is 2.18. The molecule has 322 valence electrons. The van der Waals surface area contributed by atoms with Crippen LogP contribution in [-0.4, -0.2) is 54.4 Å². The molecule has 0 aliphatic carbocycles. The maximum atomic E-state index is 12.2. The molecule has 6 aromatic rings. The van der Waals surface area contributed by atoms with Gasteiger partial charge in [0, 0.05) is 61.0 Å². The van der Waals surface area contributed by atoms with Crippen LogP contribution in [0, 0.1) is 33.6 Å². The minimum Gasteiger partial charge on any atom is -0.356 e. The molecule has 0 saturated heterocycles. The standard InChI is InChI=1S/C24H29ClN4OS.C24H30N4OS/c1-16(2)14-26-23(30)9-8-22-27-28-24(29(22)21-7-5-6-20(25)13-21)31-15-19-11-17(3)10-18(4)12-19;1-4-5-14-25-23(29)13-12-22-26-27-24(28(22)21-11-7-9-19(3)16-21)30-17-20-10-6-8-18(2)15-20/h5-7,10-13,16H,8-9,14-15H2,1-4H3,(H,26,30);6-11,15-16H,4-5,12-14,17H2,1-3H3,(H,25,29). The van der Waals surface area contributed by atoms with Crippen molar-refractivity contribution in [2.45, 2.75) is 109 Å². The number of aryl methyl sites for hydroxylation is 6. The Balaban J connectivity index is 0.000000231. The highest BCUT2D eigenvalue weighted by Crippen LogP contribution is 2.29. The largest absolute Gasteiger partial charge is 0.356 e. The van der Waals surface area contributed by atoms with Crippen molar-refractivity contribution in [3.63, 3.8) is 0 Å². The van der Waals surface area contributed by atoms with Gasteiger partial charge in [-0.2, -0.15) is 0 Å². The normalized spacial score (nSPS) is 11.0. The van der Waals surface area contributed by atoms with E-state index in [0.29, 0.717) is 43.2 Å². The van der Waals surface area contributed by atoms with Crippen molar-refractivity contribution < 1.29 is 9.59 Å². The Labute approximate surface area is 375 Å². The highest BCUT2D eigenvalue weighted by molar-refractivity contribution is 7.98. The first kappa shape index (κ1) is 47.1. The van der Waals surface area contributed by atoms with E-state index < -0.39 is 0 Å². The predicted molar refractivity (Wildman–Crippen MR) is 251 cm³/mol. The summed E-state index contributed by atoms with van der Waals surface area (Å²) in [7, 11) is 0. The molecule has 13 heteroatoms. The number of amides is 2. The molecule has 6 rings (SSSR count). The van der Waals surface area contributed by atoms with Crippen LogP contribution in [0.25, 0.3) is 11.4 Å². The van der Waals surface area contributed by atoms with Gasteiger partial charge in [-0.05, 0) is 87.1 Å². The molecular formula is C48H59ClN8O2S2. The SMILES string of the molecule is CCCCNC(=O)CCc1nnc(SCc2cccc(C)c2)n1-c1cccc(C)c1.Cc1cc(C)cc(CSc2nnc(CCC(=O)NCC(C)C)n2-c2cccc(Cl)c2)c1. The van der Waals surface area contributed by atoms with Crippen molar-refractivity contribution in [2.24, 2.45) is 5.92 Å². The summed E-state index contributed by atoms with van der Waals surface area (Å²) in [6.07, 6.45) is 3.93. The third kappa shape index (κ3) is 15.2. The second-order valence-corrected chi connectivity index (χ2v) is 18.1. The number of aromatic nitrogens is 6. The van der Waals surface area contributed by atoms with Crippen LogP contribution in [0.1, 0.15) is 91.5 Å². The summed E-state index contributed by atoms with van der Waals surface area (Å²) in [5.41, 5.74) is 9.38. The monoisotopic (exact) mass is 878 g/mol. The fraction of sp³-hybridized carbons (Fsp3) is 0.375. The van der Waals surface area contributed by atoms with Crippen LogP contribution in [0.4, 0.5) is 0 Å². The minimum absolute atomic E-state index is 0.0267. The van der Waals surface area contributed by atoms with Gasteiger partial charge in [-0.3, -0.25) is 18.7 Å². The smallest absolute Gasteiger partial charge is 0.220 e. The Kier molecular flexibility index (Phi) is 18.5. The van der Waals surface area contributed by atoms with Crippen molar-refractivity contribution in [3.05, 3.63) is 141 Å². The number of halogens is 1. The molecule has 0 aliphatic heterocycles. The number of nitrogens with zero attached hydrogens (tertiary/aromatic N) is 6. The Hall–Kier alpha value is -4.91. The zero-order chi connectivity index (χ0) is 43.7. The first-order valence-corrected chi connectivity index (χ1v) is 23.4. The fourth-order valence-electron chi connectivity index (χ4n) is 6.61. The Bertz CT molecular complexity index is 2340. The van der Waals surface area contributed by atoms with Crippen LogP contribution in [0.3, 0.4) is 0 Å². The number of benzene rings is 4. The van der Waals surface area contributed by atoms with Gasteiger partial charge in [-0.15, -0.1) is 20.4 Å². The van der Waals surface area contributed by atoms with E-state index in [-0.39, 0.29) is 11.8 Å². The molecular weight excluding hydrogens is 820 g/mol. The molecule has 0 unspecified atom stereocenters. The lowest BCUT2D eigenvalue weighted by Crippen LogP contribution is -2.27. The number of thioether (sulfide) groups is 2. The lowest BCUT2D eigenvalue weighted by Gasteiger charge is -2.12. The average molecular weight is 880 g/mol. The molecule has 2 N–H and O–H groups in total. The third-order valence-electron chi connectivity index (χ3n) is 9.54. The zero-order valence-electron chi connectivity index (χ0n) is 36.5. The molecule has 4 aromatic carbocycles. The van der Waals surface area contributed by atoms with Gasteiger partial charge in [-0.25, -0.2) is 0 Å². The number of carbonyl (C=O) groups excluding carboxylic acids is 2. The number of carbonyl (C=O) groups is 2. The molecule has 2 heterocycles. The van der Waals surface area contributed by atoms with Crippen LogP contribution in [0.15, 0.2) is 101 Å². The van der Waals surface area contributed by atoms with Gasteiger partial charge in [-0.1, -0.05) is 140 Å². The predicted octanol–water partition coefficient (Wildman–Crippen LogP) is 10.6. The third-order valence-corrected chi connectivity index (χ3v) is 11.8. The molecule has 2 amide bonds. The fourth-order valence-corrected chi connectivity index (χ4v) is 8.61. The van der Waals surface area contributed by atoms with E-state index >= 15 is 0 Å². The van der Waals surface area contributed by atoms with E-state index in [0.717, 1.165) is 64.2 Å². The van der Waals surface area contributed by atoms with Gasteiger partial charge in [0.15, 0.2) is 10.3 Å². The summed E-state index contributed by atoms with van der Waals surface area (Å²) in [5.74, 6) is 3.70. The zero-order valence-corrected chi connectivity index (χ0v) is 38.9. The molecule has 0 fully saturated rings. The Morgan fingerprint density at radius 2 is 1.16 bits per heavy atom. The number of rotatable bonds is 19. The van der Waals surface area contributed by atoms with Crippen LogP contribution in [0.5, 0.6) is 0 Å². The molecule has 2 aromatic heterocycles. The van der Waals surface area contributed by atoms with Crippen LogP contribution in [-0.2, 0) is 33.9 Å². The molecule has 0 spiro atoms. The van der Waals surface area contributed by atoms with Crippen LogP contribution in [0.2, 0.25) is 5.02 Å². The van der Waals surface area contributed by atoms with Gasteiger partial charge in [0.2, 0.25) is 11.8 Å². The van der Waals surface area contributed by atoms with Gasteiger partial charge in [0.1, 0.15) is 11.6 Å². The highest BCUT2D eigenvalue weighted by atomic mass is 35.5. The second-order valence-electron chi connectivity index (χ2n) is 15.8. The summed E-state index contributed by atoms with van der Waals surface area (Å²) in [6, 6.07) is 31.0. The van der Waals surface area contributed by atoms with Crippen molar-refractivity contribution >= 4 is 46.9 Å². The Morgan fingerprint density at radius 1 is 0.639 bits per heavy atom. The van der Waals surface area contributed by atoms with E-state index in [1.165, 1.54) is 33.4 Å². The summed E-state index contributed by atoms with van der Waals surface area (Å²) in [4.78, 5) is 24.4. The van der Waals surface area contributed by atoms with Crippen LogP contribution < -0.4 is 10.6 Å². The van der Waals surface area contributed by atoms with Gasteiger partial charge in [0.25, 0.3) is 0 Å². The van der Waals surface area contributed by atoms with Gasteiger partial charge in [0.05, 0.1) is 5.69 Å². The van der Waals surface area contributed by atoms with Crippen molar-refractivity contribution in [2.75, 3.05) is 13.1 Å². The topological polar surface area (TPSA) is 120 Å². The first-order chi connectivity index (χ1) is 29.4. The summed E-state index contributed by atoms with van der Waals surface area (Å²) in [5, 5.41) is 26.0. The lowest BCUT2D eigenvalue weighted by atomic mass is 10.1. The van der Waals surface area contributed by atoms with E-state index in [1.807, 2.05) is 34.9 Å². The molecule has 0 saturated carbocycles. The second kappa shape index (κ2) is 23.9. The maximum Gasteiger partial charge on any atom is 0.220 e. The summed E-state index contributed by atoms with van der Waals surface area (Å²) < 4.78 is 4.10. The van der Waals surface area contributed by atoms with E-state index in [9.17, 15) is 9.59 Å². The van der Waals surface area contributed by atoms with Crippen LogP contribution >= 0.6 is 35.1 Å². The summed E-state index contributed by atoms with van der Waals surface area (Å²) >= 11 is 9.55. The Morgan fingerprint density at radius 3 is 1.72 bits per heavy atom. The maximum absolute atomic E-state index is 12.2. The van der Waals surface area contributed by atoms with E-state index in [4.69, 9.17) is 11.6 Å². The number of hydrogen-bond donors (Lipinski definition) is 2. The first-order valence-electron chi connectivity index (χ1n) is 21.0. The number of nitrogens with one attached hydrogen (secondary N) is 2. The summed E-state index contributed by atoms with van der Waals surface area (Å²) in [6.45, 7) is 16.1. The number of hydrogen-bond acceptors (Lipinski definition) is 8. The van der Waals surface area contributed by atoms with Crippen molar-refractivity contribution in [3.8, 4) is 11.4 Å².